The molecule has 6 heteroatoms. The average Bonchev–Trinajstić information content (AvgIpc) is 3.34. The summed E-state index contributed by atoms with van der Waals surface area (Å²) in [7, 11) is 0. The van der Waals surface area contributed by atoms with Crippen LogP contribution in [0, 0.1) is 0 Å². The van der Waals surface area contributed by atoms with E-state index in [-0.39, 0.29) is 23.3 Å². The van der Waals surface area contributed by atoms with E-state index in [2.05, 4.69) is 9.97 Å². The molecule has 0 saturated heterocycles. The predicted octanol–water partition coefficient (Wildman–Crippen LogP) is 3.66. The average molecular weight is 352 g/mol. The molecule has 136 valence electrons. The molecule has 0 aromatic carbocycles. The van der Waals surface area contributed by atoms with Gasteiger partial charge in [-0.05, 0) is 31.7 Å². The van der Waals surface area contributed by atoms with E-state index in [1.165, 1.54) is 6.42 Å². The normalized spacial score (nSPS) is 19.7. The maximum atomic E-state index is 13.6. The minimum Gasteiger partial charge on any atom is -0.346 e. The molecule has 26 heavy (non-hydrogen) atoms. The third-order valence-electron chi connectivity index (χ3n) is 6.29. The molecule has 6 nitrogen and oxygen atoms in total. The Kier molecular flexibility index (Phi) is 3.72. The lowest BCUT2D eigenvalue weighted by atomic mass is 9.95. The predicted molar refractivity (Wildman–Crippen MR) is 102 cm³/mol. The Morgan fingerprint density at radius 3 is 2.27 bits per heavy atom. The molecule has 2 aliphatic carbocycles. The Hall–Kier alpha value is -2.37. The standard InChI is InChI=1S/C20H24N4O2/c25-19-16-12-22-18-15(10-11-21-18)17(16)23(13-6-2-1-3-7-13)20(26)24(19)14-8-4-5-9-14/h10-14H,1-9H2,(H,21,22). The monoisotopic (exact) mass is 352 g/mol. The van der Waals surface area contributed by atoms with Crippen molar-refractivity contribution in [3.63, 3.8) is 0 Å². The van der Waals surface area contributed by atoms with Crippen molar-refractivity contribution in [3.05, 3.63) is 39.3 Å². The molecule has 3 heterocycles. The third kappa shape index (κ3) is 2.27. The highest BCUT2D eigenvalue weighted by Gasteiger charge is 2.27. The molecule has 2 fully saturated rings. The maximum absolute atomic E-state index is 13.6. The Labute approximate surface area is 150 Å². The first-order valence-corrected chi connectivity index (χ1v) is 9.88. The van der Waals surface area contributed by atoms with Crippen molar-refractivity contribution in [1.82, 2.24) is 19.1 Å². The van der Waals surface area contributed by atoms with Crippen LogP contribution < -0.4 is 11.2 Å². The lowest BCUT2D eigenvalue weighted by Crippen LogP contribution is -2.43. The summed E-state index contributed by atoms with van der Waals surface area (Å²) >= 11 is 0. The molecule has 0 unspecified atom stereocenters. The third-order valence-corrected chi connectivity index (χ3v) is 6.29. The van der Waals surface area contributed by atoms with E-state index in [0.29, 0.717) is 5.39 Å². The van der Waals surface area contributed by atoms with Crippen molar-refractivity contribution < 1.29 is 0 Å². The molecule has 0 bridgehead atoms. The van der Waals surface area contributed by atoms with Crippen LogP contribution in [0.4, 0.5) is 0 Å². The minimum atomic E-state index is -0.167. The number of nitrogens with one attached hydrogen (secondary N) is 1. The Balaban J connectivity index is 1.89. The fraction of sp³-hybridized carbons (Fsp3) is 0.550. The quantitative estimate of drug-likeness (QED) is 0.765. The molecule has 2 aliphatic rings. The highest BCUT2D eigenvalue weighted by atomic mass is 16.2. The van der Waals surface area contributed by atoms with Crippen molar-refractivity contribution >= 4 is 21.9 Å². The summed E-state index contributed by atoms with van der Waals surface area (Å²) < 4.78 is 3.48. The van der Waals surface area contributed by atoms with Gasteiger partial charge in [0.05, 0.1) is 10.9 Å². The van der Waals surface area contributed by atoms with Crippen LogP contribution in [0.25, 0.3) is 21.9 Å². The molecule has 0 radical (unpaired) electrons. The van der Waals surface area contributed by atoms with Crippen LogP contribution in [-0.2, 0) is 0 Å². The number of aromatic nitrogens is 4. The van der Waals surface area contributed by atoms with Gasteiger partial charge in [-0.25, -0.2) is 9.78 Å². The van der Waals surface area contributed by atoms with Crippen molar-refractivity contribution in [1.29, 1.82) is 0 Å². The number of hydrogen-bond donors (Lipinski definition) is 1. The van der Waals surface area contributed by atoms with Gasteiger partial charge < -0.3 is 4.98 Å². The van der Waals surface area contributed by atoms with Gasteiger partial charge in [0.2, 0.25) is 0 Å². The van der Waals surface area contributed by atoms with Gasteiger partial charge in [-0.3, -0.25) is 13.9 Å². The molecular formula is C20H24N4O2. The van der Waals surface area contributed by atoms with E-state index in [4.69, 9.17) is 0 Å². The SMILES string of the molecule is O=c1c2cnc3[nH]ccc3c2n(C2CCCCC2)c(=O)n1C1CCCC1. The zero-order valence-corrected chi connectivity index (χ0v) is 14.9. The van der Waals surface area contributed by atoms with Crippen LogP contribution in [0.5, 0.6) is 0 Å². The zero-order valence-electron chi connectivity index (χ0n) is 14.9. The number of nitrogens with zero attached hydrogens (tertiary/aromatic N) is 3. The van der Waals surface area contributed by atoms with Crippen LogP contribution in [0.3, 0.4) is 0 Å². The number of hydrogen-bond acceptors (Lipinski definition) is 3. The summed E-state index contributed by atoms with van der Waals surface area (Å²) in [5.41, 5.74) is 1.22. The summed E-state index contributed by atoms with van der Waals surface area (Å²) in [6, 6.07) is 2.15. The van der Waals surface area contributed by atoms with E-state index in [0.717, 1.165) is 67.9 Å². The van der Waals surface area contributed by atoms with Crippen LogP contribution in [-0.4, -0.2) is 19.1 Å². The lowest BCUT2D eigenvalue weighted by Gasteiger charge is -2.27. The summed E-state index contributed by atoms with van der Waals surface area (Å²) in [5.74, 6) is 0. The van der Waals surface area contributed by atoms with E-state index < -0.39 is 0 Å². The second-order valence-electron chi connectivity index (χ2n) is 7.82. The second kappa shape index (κ2) is 6.11. The molecule has 3 aromatic rings. The highest BCUT2D eigenvalue weighted by molar-refractivity contribution is 6.01. The van der Waals surface area contributed by atoms with Crippen molar-refractivity contribution in [2.24, 2.45) is 0 Å². The van der Waals surface area contributed by atoms with Gasteiger partial charge in [0.25, 0.3) is 5.56 Å². The molecule has 5 rings (SSSR count). The summed E-state index contributed by atoms with van der Waals surface area (Å²) in [5, 5.41) is 1.45. The van der Waals surface area contributed by atoms with Gasteiger partial charge in [-0.1, -0.05) is 32.1 Å². The van der Waals surface area contributed by atoms with Crippen LogP contribution in [0.1, 0.15) is 69.9 Å². The molecule has 3 aromatic heterocycles. The number of aromatic amines is 1. The summed E-state index contributed by atoms with van der Waals surface area (Å²) in [6.45, 7) is 0. The van der Waals surface area contributed by atoms with Gasteiger partial charge in [-0.2, -0.15) is 0 Å². The molecule has 0 spiro atoms. The first-order chi connectivity index (χ1) is 12.8. The Morgan fingerprint density at radius 2 is 1.54 bits per heavy atom. The number of H-pyrrole nitrogens is 1. The van der Waals surface area contributed by atoms with Crippen LogP contribution in [0.15, 0.2) is 28.0 Å². The first-order valence-electron chi connectivity index (χ1n) is 9.88. The molecule has 2 saturated carbocycles. The first kappa shape index (κ1) is 15.9. The van der Waals surface area contributed by atoms with Gasteiger partial charge in [0.15, 0.2) is 0 Å². The second-order valence-corrected chi connectivity index (χ2v) is 7.82. The van der Waals surface area contributed by atoms with Gasteiger partial charge >= 0.3 is 5.69 Å². The largest absolute Gasteiger partial charge is 0.346 e. The fourth-order valence-corrected chi connectivity index (χ4v) is 5.00. The van der Waals surface area contributed by atoms with Gasteiger partial charge in [0, 0.05) is 29.9 Å². The summed E-state index contributed by atoms with van der Waals surface area (Å²) in [6.07, 6.45) is 13.0. The highest BCUT2D eigenvalue weighted by Crippen LogP contribution is 2.32. The molecule has 0 aliphatic heterocycles. The summed E-state index contributed by atoms with van der Waals surface area (Å²) in [4.78, 5) is 34.3. The van der Waals surface area contributed by atoms with E-state index >= 15 is 0 Å². The number of pyridine rings is 1. The topological polar surface area (TPSA) is 72.7 Å². The van der Waals surface area contributed by atoms with Crippen molar-refractivity contribution in [2.75, 3.05) is 0 Å². The molecule has 1 N–H and O–H groups in total. The zero-order chi connectivity index (χ0) is 17.7. The van der Waals surface area contributed by atoms with E-state index in [1.54, 1.807) is 10.8 Å². The maximum Gasteiger partial charge on any atom is 0.332 e. The number of fused-ring (bicyclic) bond motifs is 3. The van der Waals surface area contributed by atoms with Crippen LogP contribution in [0.2, 0.25) is 0 Å². The van der Waals surface area contributed by atoms with Crippen molar-refractivity contribution in [2.45, 2.75) is 69.9 Å². The lowest BCUT2D eigenvalue weighted by molar-refractivity contribution is 0.337. The molecule has 0 amide bonds. The fourth-order valence-electron chi connectivity index (χ4n) is 5.00. The van der Waals surface area contributed by atoms with Crippen molar-refractivity contribution in [3.8, 4) is 0 Å². The van der Waals surface area contributed by atoms with Crippen LogP contribution >= 0.6 is 0 Å². The Morgan fingerprint density at radius 1 is 0.885 bits per heavy atom. The molecular weight excluding hydrogens is 328 g/mol. The van der Waals surface area contributed by atoms with Gasteiger partial charge in [0.1, 0.15) is 5.65 Å². The smallest absolute Gasteiger partial charge is 0.332 e. The number of rotatable bonds is 2. The Bertz CT molecular complexity index is 1080. The van der Waals surface area contributed by atoms with E-state index in [1.807, 2.05) is 16.8 Å². The minimum absolute atomic E-state index is 0.0381. The van der Waals surface area contributed by atoms with Gasteiger partial charge in [-0.15, -0.1) is 0 Å². The molecule has 0 atom stereocenters. The van der Waals surface area contributed by atoms with E-state index in [9.17, 15) is 9.59 Å².